The molecule has 68 valence electrons. The first-order valence-electron chi connectivity index (χ1n) is 3.95. The Hall–Kier alpha value is -1.10. The second-order valence-corrected chi connectivity index (χ2v) is 2.86. The molecule has 12 heavy (non-hydrogen) atoms. The number of nitrogens with two attached hydrogens (primary N) is 2. The van der Waals surface area contributed by atoms with Crippen LogP contribution < -0.4 is 11.5 Å². The van der Waals surface area contributed by atoms with E-state index in [0.29, 0.717) is 13.0 Å². The maximum atomic E-state index is 11.2. The summed E-state index contributed by atoms with van der Waals surface area (Å²) in [4.78, 5) is 23.3. The van der Waals surface area contributed by atoms with Crippen LogP contribution >= 0.6 is 0 Å². The Morgan fingerprint density at radius 1 is 1.50 bits per heavy atom. The Kier molecular flexibility index (Phi) is 2.65. The summed E-state index contributed by atoms with van der Waals surface area (Å²) in [6.45, 7) is 0.556. The molecule has 1 fully saturated rings. The number of primary amides is 1. The number of rotatable bonds is 2. The van der Waals surface area contributed by atoms with Gasteiger partial charge in [-0.2, -0.15) is 0 Å². The third-order valence-corrected chi connectivity index (χ3v) is 2.11. The first-order valence-corrected chi connectivity index (χ1v) is 3.95. The minimum Gasteiger partial charge on any atom is -0.351 e. The van der Waals surface area contributed by atoms with E-state index >= 15 is 0 Å². The summed E-state index contributed by atoms with van der Waals surface area (Å²) in [5, 5.41) is 0. The van der Waals surface area contributed by atoms with Crippen LogP contribution in [0.1, 0.15) is 12.8 Å². The van der Waals surface area contributed by atoms with Crippen molar-refractivity contribution < 1.29 is 9.59 Å². The molecular weight excluding hydrogens is 158 g/mol. The number of urea groups is 1. The van der Waals surface area contributed by atoms with Crippen molar-refractivity contribution in [1.82, 2.24) is 4.90 Å². The second kappa shape index (κ2) is 3.53. The van der Waals surface area contributed by atoms with Gasteiger partial charge in [-0.3, -0.25) is 4.79 Å². The van der Waals surface area contributed by atoms with Gasteiger partial charge in [0.05, 0.1) is 12.6 Å². The summed E-state index contributed by atoms with van der Waals surface area (Å²) in [6.07, 6.45) is 1.53. The van der Waals surface area contributed by atoms with Gasteiger partial charge in [-0.05, 0) is 12.8 Å². The molecule has 1 saturated heterocycles. The van der Waals surface area contributed by atoms with Crippen molar-refractivity contribution in [3.8, 4) is 0 Å². The number of hydrogen-bond acceptors (Lipinski definition) is 3. The Balaban J connectivity index is 2.63. The Labute approximate surface area is 70.7 Å². The Morgan fingerprint density at radius 3 is 2.67 bits per heavy atom. The van der Waals surface area contributed by atoms with Crippen LogP contribution in [0.3, 0.4) is 0 Å². The van der Waals surface area contributed by atoms with E-state index in [4.69, 9.17) is 11.5 Å². The van der Waals surface area contributed by atoms with Crippen molar-refractivity contribution in [2.45, 2.75) is 18.9 Å². The van der Waals surface area contributed by atoms with E-state index < -0.39 is 6.03 Å². The molecule has 0 aromatic rings. The number of nitrogens with zero attached hydrogens (tertiary/aromatic N) is 1. The van der Waals surface area contributed by atoms with Gasteiger partial charge < -0.3 is 16.4 Å². The summed E-state index contributed by atoms with van der Waals surface area (Å²) in [6, 6.07) is -0.896. The van der Waals surface area contributed by atoms with Gasteiger partial charge in [-0.15, -0.1) is 0 Å². The molecule has 0 aromatic carbocycles. The largest absolute Gasteiger partial charge is 0.351 e. The van der Waals surface area contributed by atoms with E-state index in [1.54, 1.807) is 0 Å². The minimum absolute atomic E-state index is 0.0194. The summed E-state index contributed by atoms with van der Waals surface area (Å²) in [7, 11) is 0. The first kappa shape index (κ1) is 8.99. The molecule has 5 heteroatoms. The zero-order valence-corrected chi connectivity index (χ0v) is 6.82. The summed E-state index contributed by atoms with van der Waals surface area (Å²) < 4.78 is 0. The molecule has 1 heterocycles. The lowest BCUT2D eigenvalue weighted by Crippen LogP contribution is -2.45. The molecule has 4 N–H and O–H groups in total. The van der Waals surface area contributed by atoms with Crippen molar-refractivity contribution in [1.29, 1.82) is 0 Å². The number of hydrogen-bond donors (Lipinski definition) is 2. The maximum absolute atomic E-state index is 11.2. The van der Waals surface area contributed by atoms with Gasteiger partial charge in [0.1, 0.15) is 0 Å². The van der Waals surface area contributed by atoms with Crippen molar-refractivity contribution in [3.63, 3.8) is 0 Å². The van der Waals surface area contributed by atoms with Crippen molar-refractivity contribution in [3.05, 3.63) is 0 Å². The number of Topliss-reactive ketones (excluding diaryl/α,β-unsaturated/α-hetero) is 1. The normalized spacial score (nSPS) is 22.8. The number of carbonyl (C=O) groups excluding carboxylic acids is 2. The van der Waals surface area contributed by atoms with Crippen LogP contribution in [-0.2, 0) is 4.79 Å². The molecule has 0 aliphatic carbocycles. The van der Waals surface area contributed by atoms with E-state index in [1.165, 1.54) is 4.90 Å². The number of carbonyl (C=O) groups is 2. The smallest absolute Gasteiger partial charge is 0.315 e. The van der Waals surface area contributed by atoms with Gasteiger partial charge in [-0.1, -0.05) is 0 Å². The van der Waals surface area contributed by atoms with Crippen LogP contribution in [0.15, 0.2) is 0 Å². The highest BCUT2D eigenvalue weighted by Crippen LogP contribution is 2.16. The lowest BCUT2D eigenvalue weighted by atomic mass is 10.1. The summed E-state index contributed by atoms with van der Waals surface area (Å²) in [5.74, 6) is -0.105. The van der Waals surface area contributed by atoms with Crippen molar-refractivity contribution in [2.24, 2.45) is 11.5 Å². The molecule has 1 unspecified atom stereocenters. The Morgan fingerprint density at radius 2 is 2.17 bits per heavy atom. The van der Waals surface area contributed by atoms with Crippen LogP contribution in [0, 0.1) is 0 Å². The van der Waals surface area contributed by atoms with E-state index in [2.05, 4.69) is 0 Å². The maximum Gasteiger partial charge on any atom is 0.315 e. The molecule has 1 aliphatic heterocycles. The van der Waals surface area contributed by atoms with Gasteiger partial charge in [0.25, 0.3) is 0 Å². The predicted octanol–water partition coefficient (Wildman–Crippen LogP) is -0.943. The van der Waals surface area contributed by atoms with Crippen LogP contribution in [0.4, 0.5) is 4.79 Å². The Bertz CT molecular complexity index is 205. The molecule has 1 atom stereocenters. The van der Waals surface area contributed by atoms with E-state index in [0.717, 1.165) is 6.42 Å². The molecule has 0 saturated carbocycles. The van der Waals surface area contributed by atoms with Gasteiger partial charge in [0, 0.05) is 6.54 Å². The molecule has 1 rings (SSSR count). The fourth-order valence-corrected chi connectivity index (χ4v) is 1.50. The highest BCUT2D eigenvalue weighted by molar-refractivity contribution is 5.89. The molecule has 5 nitrogen and oxygen atoms in total. The second-order valence-electron chi connectivity index (χ2n) is 2.86. The lowest BCUT2D eigenvalue weighted by Gasteiger charge is -2.20. The molecule has 0 radical (unpaired) electrons. The van der Waals surface area contributed by atoms with Gasteiger partial charge in [0.15, 0.2) is 5.78 Å². The molecule has 0 bridgehead atoms. The minimum atomic E-state index is -0.528. The number of amides is 2. The third kappa shape index (κ3) is 1.55. The molecule has 0 aromatic heterocycles. The van der Waals surface area contributed by atoms with Gasteiger partial charge in [0.2, 0.25) is 0 Å². The topological polar surface area (TPSA) is 89.4 Å². The monoisotopic (exact) mass is 171 g/mol. The highest BCUT2D eigenvalue weighted by atomic mass is 16.2. The predicted molar refractivity (Wildman–Crippen MR) is 43.4 cm³/mol. The number of likely N-dealkylation sites (tertiary alicyclic amines) is 1. The summed E-state index contributed by atoms with van der Waals surface area (Å²) >= 11 is 0. The van der Waals surface area contributed by atoms with Crippen molar-refractivity contribution >= 4 is 11.8 Å². The number of ketones is 1. The van der Waals surface area contributed by atoms with Gasteiger partial charge in [-0.25, -0.2) is 4.79 Å². The standard InChI is InChI=1S/C7H13N3O2/c8-4-6(11)5-2-1-3-10(5)7(9)12/h5H,1-4,8H2,(H2,9,12). The van der Waals surface area contributed by atoms with Crippen LogP contribution in [0.5, 0.6) is 0 Å². The quantitative estimate of drug-likeness (QED) is 0.561. The van der Waals surface area contributed by atoms with E-state index in [1.807, 2.05) is 0 Å². The fourth-order valence-electron chi connectivity index (χ4n) is 1.50. The SMILES string of the molecule is NCC(=O)C1CCCN1C(N)=O. The van der Waals surface area contributed by atoms with Crippen LogP contribution in [0.2, 0.25) is 0 Å². The van der Waals surface area contributed by atoms with E-state index in [-0.39, 0.29) is 18.4 Å². The van der Waals surface area contributed by atoms with Gasteiger partial charge >= 0.3 is 6.03 Å². The zero-order chi connectivity index (χ0) is 9.14. The average Bonchev–Trinajstić information content (AvgIpc) is 2.50. The third-order valence-electron chi connectivity index (χ3n) is 2.11. The fraction of sp³-hybridized carbons (Fsp3) is 0.714. The zero-order valence-electron chi connectivity index (χ0n) is 6.82. The molecular formula is C7H13N3O2. The van der Waals surface area contributed by atoms with Crippen LogP contribution in [-0.4, -0.2) is 35.8 Å². The van der Waals surface area contributed by atoms with E-state index in [9.17, 15) is 9.59 Å². The average molecular weight is 171 g/mol. The first-order chi connectivity index (χ1) is 5.66. The van der Waals surface area contributed by atoms with Crippen LogP contribution in [0.25, 0.3) is 0 Å². The molecule has 0 spiro atoms. The van der Waals surface area contributed by atoms with Crippen molar-refractivity contribution in [2.75, 3.05) is 13.1 Å². The lowest BCUT2D eigenvalue weighted by molar-refractivity contribution is -0.121. The highest BCUT2D eigenvalue weighted by Gasteiger charge is 2.31. The summed E-state index contributed by atoms with van der Waals surface area (Å²) in [5.41, 5.74) is 10.3. The molecule has 1 aliphatic rings. The molecule has 2 amide bonds.